The van der Waals surface area contributed by atoms with E-state index in [0.717, 1.165) is 62.8 Å². The van der Waals surface area contributed by atoms with E-state index in [1.807, 2.05) is 0 Å². The highest BCUT2D eigenvalue weighted by atomic mass is 32.1. The molecule has 2 aliphatic heterocycles. The Kier molecular flexibility index (Phi) is 6.47. The van der Waals surface area contributed by atoms with Gasteiger partial charge in [-0.05, 0) is 68.4 Å². The smallest absolute Gasteiger partial charge is 0.185 e. The van der Waals surface area contributed by atoms with Crippen LogP contribution in [0.25, 0.3) is 10.9 Å². The number of hydrogen-bond donors (Lipinski definition) is 2. The van der Waals surface area contributed by atoms with Crippen molar-refractivity contribution in [1.29, 1.82) is 0 Å². The van der Waals surface area contributed by atoms with E-state index in [2.05, 4.69) is 63.7 Å². The van der Waals surface area contributed by atoms with E-state index in [4.69, 9.17) is 17.2 Å². The molecule has 0 bridgehead atoms. The number of thiocarbonyl (C=S) groups is 1. The van der Waals surface area contributed by atoms with Crippen molar-refractivity contribution in [3.63, 3.8) is 0 Å². The number of benzene rings is 1. The Bertz CT molecular complexity index is 856. The lowest BCUT2D eigenvalue weighted by molar-refractivity contribution is 0.196. The molecular weight excluding hydrogens is 380 g/mol. The minimum atomic E-state index is 0.655. The summed E-state index contributed by atoms with van der Waals surface area (Å²) in [4.78, 5) is 9.84. The Morgan fingerprint density at radius 1 is 1.03 bits per heavy atom. The molecule has 1 aromatic carbocycles. The first-order valence-corrected chi connectivity index (χ1v) is 11.2. The van der Waals surface area contributed by atoms with Gasteiger partial charge in [-0.1, -0.05) is 13.3 Å². The van der Waals surface area contributed by atoms with Gasteiger partial charge in [-0.25, -0.2) is 9.99 Å². The standard InChI is InChI=1S/C22H32N6S/c1-3-26-11-13-27(14-12-26)21-15-17(2)19-16-18(7-8-20(19)24-21)23-22(29)25-28-9-5-4-6-10-28/h7-8,15-16H,3-6,9-14H2,1-2H3,(H2,23,25,29). The van der Waals surface area contributed by atoms with Crippen molar-refractivity contribution < 1.29 is 0 Å². The molecule has 2 aliphatic rings. The first-order valence-electron chi connectivity index (χ1n) is 10.8. The third-order valence-electron chi connectivity index (χ3n) is 6.02. The lowest BCUT2D eigenvalue weighted by Crippen LogP contribution is -2.46. The van der Waals surface area contributed by atoms with Gasteiger partial charge in [0.25, 0.3) is 0 Å². The summed E-state index contributed by atoms with van der Waals surface area (Å²) in [6.45, 7) is 11.9. The summed E-state index contributed by atoms with van der Waals surface area (Å²) in [6.07, 6.45) is 3.77. The molecule has 0 unspecified atom stereocenters. The van der Waals surface area contributed by atoms with E-state index in [-0.39, 0.29) is 0 Å². The molecule has 0 aliphatic carbocycles. The van der Waals surface area contributed by atoms with Crippen molar-refractivity contribution in [3.05, 3.63) is 29.8 Å². The zero-order chi connectivity index (χ0) is 20.2. The number of rotatable bonds is 4. The van der Waals surface area contributed by atoms with Gasteiger partial charge in [-0.3, -0.25) is 5.43 Å². The zero-order valence-corrected chi connectivity index (χ0v) is 18.4. The van der Waals surface area contributed by atoms with E-state index in [1.165, 1.54) is 30.2 Å². The molecule has 0 saturated carbocycles. The quantitative estimate of drug-likeness (QED) is 0.747. The maximum atomic E-state index is 5.51. The maximum absolute atomic E-state index is 5.51. The number of fused-ring (bicyclic) bond motifs is 1. The van der Waals surface area contributed by atoms with Crippen molar-refractivity contribution in [2.45, 2.75) is 33.1 Å². The number of anilines is 2. The topological polar surface area (TPSA) is 46.7 Å². The highest BCUT2D eigenvalue weighted by molar-refractivity contribution is 7.80. The fourth-order valence-electron chi connectivity index (χ4n) is 4.22. The Morgan fingerprint density at radius 2 is 1.79 bits per heavy atom. The molecule has 0 amide bonds. The molecule has 2 aromatic rings. The number of nitrogens with zero attached hydrogens (tertiary/aromatic N) is 4. The lowest BCUT2D eigenvalue weighted by atomic mass is 10.1. The van der Waals surface area contributed by atoms with Gasteiger partial charge in [0.15, 0.2) is 5.11 Å². The second-order valence-corrected chi connectivity index (χ2v) is 8.47. The number of hydrazine groups is 1. The van der Waals surface area contributed by atoms with Crippen molar-refractivity contribution in [1.82, 2.24) is 20.3 Å². The fourth-order valence-corrected chi connectivity index (χ4v) is 4.46. The third-order valence-corrected chi connectivity index (χ3v) is 6.21. The highest BCUT2D eigenvalue weighted by Gasteiger charge is 2.18. The van der Waals surface area contributed by atoms with Gasteiger partial charge in [0, 0.05) is 50.3 Å². The predicted octanol–water partition coefficient (Wildman–Crippen LogP) is 3.37. The van der Waals surface area contributed by atoms with Gasteiger partial charge in [0.2, 0.25) is 0 Å². The van der Waals surface area contributed by atoms with Crippen molar-refractivity contribution in [2.24, 2.45) is 0 Å². The van der Waals surface area contributed by atoms with Crippen LogP contribution in [-0.2, 0) is 0 Å². The van der Waals surface area contributed by atoms with Gasteiger partial charge in [-0.2, -0.15) is 0 Å². The number of aromatic nitrogens is 1. The van der Waals surface area contributed by atoms with Crippen molar-refractivity contribution in [3.8, 4) is 0 Å². The summed E-state index contributed by atoms with van der Waals surface area (Å²) in [5.41, 5.74) is 6.61. The minimum absolute atomic E-state index is 0.655. The largest absolute Gasteiger partial charge is 0.354 e. The first kappa shape index (κ1) is 20.3. The molecule has 2 N–H and O–H groups in total. The summed E-state index contributed by atoms with van der Waals surface area (Å²) in [5, 5.41) is 7.37. The molecule has 0 radical (unpaired) electrons. The second-order valence-electron chi connectivity index (χ2n) is 8.06. The summed E-state index contributed by atoms with van der Waals surface area (Å²) in [5.74, 6) is 1.09. The van der Waals surface area contributed by atoms with Crippen molar-refractivity contribution in [2.75, 3.05) is 56.0 Å². The molecule has 7 heteroatoms. The molecule has 3 heterocycles. The van der Waals surface area contributed by atoms with Gasteiger partial charge in [0.1, 0.15) is 5.82 Å². The number of piperidine rings is 1. The number of aryl methyl sites for hydroxylation is 1. The van der Waals surface area contributed by atoms with Crippen LogP contribution in [0.5, 0.6) is 0 Å². The number of nitrogens with one attached hydrogen (secondary N) is 2. The monoisotopic (exact) mass is 412 g/mol. The van der Waals surface area contributed by atoms with E-state index >= 15 is 0 Å². The maximum Gasteiger partial charge on any atom is 0.185 e. The Labute approximate surface area is 179 Å². The van der Waals surface area contributed by atoms with Gasteiger partial charge < -0.3 is 15.1 Å². The van der Waals surface area contributed by atoms with Crippen LogP contribution in [0.4, 0.5) is 11.5 Å². The number of pyridine rings is 1. The third kappa shape index (κ3) is 4.97. The Hall–Kier alpha value is -1.96. The predicted molar refractivity (Wildman–Crippen MR) is 126 cm³/mol. The molecule has 156 valence electrons. The highest BCUT2D eigenvalue weighted by Crippen LogP contribution is 2.26. The molecule has 4 rings (SSSR count). The summed E-state index contributed by atoms with van der Waals surface area (Å²) in [6, 6.07) is 8.54. The lowest BCUT2D eigenvalue weighted by Gasteiger charge is -2.35. The van der Waals surface area contributed by atoms with E-state index in [1.54, 1.807) is 0 Å². The summed E-state index contributed by atoms with van der Waals surface area (Å²) in [7, 11) is 0. The molecule has 2 fully saturated rings. The van der Waals surface area contributed by atoms with Crippen molar-refractivity contribution >= 4 is 39.7 Å². The van der Waals surface area contributed by atoms with Crippen LogP contribution < -0.4 is 15.6 Å². The molecular formula is C22H32N6S. The first-order chi connectivity index (χ1) is 14.1. The van der Waals surface area contributed by atoms with E-state index < -0.39 is 0 Å². The zero-order valence-electron chi connectivity index (χ0n) is 17.6. The normalized spacial score (nSPS) is 18.8. The van der Waals surface area contributed by atoms with Crippen LogP contribution in [0.3, 0.4) is 0 Å². The molecule has 6 nitrogen and oxygen atoms in total. The van der Waals surface area contributed by atoms with Crippen LogP contribution in [-0.4, -0.2) is 65.8 Å². The number of likely N-dealkylation sites (N-methyl/N-ethyl adjacent to an activating group) is 1. The van der Waals surface area contributed by atoms with Gasteiger partial charge >= 0.3 is 0 Å². The summed E-state index contributed by atoms with van der Waals surface area (Å²) >= 11 is 5.51. The molecule has 0 spiro atoms. The molecule has 1 aromatic heterocycles. The van der Waals surface area contributed by atoms with E-state index in [9.17, 15) is 0 Å². The van der Waals surface area contributed by atoms with Gasteiger partial charge in [-0.15, -0.1) is 0 Å². The van der Waals surface area contributed by atoms with Crippen LogP contribution >= 0.6 is 12.2 Å². The average Bonchev–Trinajstić information content (AvgIpc) is 2.75. The SMILES string of the molecule is CCN1CCN(c2cc(C)c3cc(NC(=S)NN4CCCCC4)ccc3n2)CC1. The molecule has 0 atom stereocenters. The fraction of sp³-hybridized carbons (Fsp3) is 0.545. The van der Waals surface area contributed by atoms with E-state index in [0.29, 0.717) is 5.11 Å². The van der Waals surface area contributed by atoms with Crippen LogP contribution in [0.1, 0.15) is 31.7 Å². The molecule has 29 heavy (non-hydrogen) atoms. The minimum Gasteiger partial charge on any atom is -0.354 e. The average molecular weight is 413 g/mol. The van der Waals surface area contributed by atoms with Crippen LogP contribution in [0, 0.1) is 6.92 Å². The van der Waals surface area contributed by atoms with Gasteiger partial charge in [0.05, 0.1) is 5.52 Å². The number of piperazine rings is 1. The summed E-state index contributed by atoms with van der Waals surface area (Å²) < 4.78 is 0. The molecule has 2 saturated heterocycles. The Morgan fingerprint density at radius 3 is 2.52 bits per heavy atom. The second kappa shape index (κ2) is 9.24. The van der Waals surface area contributed by atoms with Crippen LogP contribution in [0.2, 0.25) is 0 Å². The number of hydrogen-bond acceptors (Lipinski definition) is 5. The van der Waals surface area contributed by atoms with Crippen LogP contribution in [0.15, 0.2) is 24.3 Å². The Balaban J connectivity index is 1.45.